The summed E-state index contributed by atoms with van der Waals surface area (Å²) < 4.78 is 1.90. The van der Waals surface area contributed by atoms with Crippen LogP contribution in [0.5, 0.6) is 0 Å². The van der Waals surface area contributed by atoms with Gasteiger partial charge < -0.3 is 0 Å². The van der Waals surface area contributed by atoms with Gasteiger partial charge in [0, 0.05) is 5.56 Å². The van der Waals surface area contributed by atoms with Crippen molar-refractivity contribution in [3.05, 3.63) is 96.7 Å². The van der Waals surface area contributed by atoms with Crippen LogP contribution in [0, 0.1) is 0 Å². The lowest BCUT2D eigenvalue weighted by Gasteiger charge is -2.08. The van der Waals surface area contributed by atoms with E-state index in [1.807, 2.05) is 29.1 Å². The van der Waals surface area contributed by atoms with Crippen LogP contribution in [-0.4, -0.2) is 15.0 Å². The van der Waals surface area contributed by atoms with Crippen LogP contribution in [0.25, 0.3) is 32.8 Å². The molecule has 0 saturated carbocycles. The summed E-state index contributed by atoms with van der Waals surface area (Å²) in [7, 11) is 0. The molecule has 0 aliphatic carbocycles. The molecule has 26 heavy (non-hydrogen) atoms. The molecule has 1 heterocycles. The monoisotopic (exact) mass is 335 g/mol. The molecule has 0 N–H and O–H groups in total. The second kappa shape index (κ2) is 6.12. The van der Waals surface area contributed by atoms with Crippen LogP contribution >= 0.6 is 0 Å². The van der Waals surface area contributed by atoms with Crippen LogP contribution in [0.2, 0.25) is 0 Å². The van der Waals surface area contributed by atoms with Crippen LogP contribution in [0.1, 0.15) is 5.56 Å². The van der Waals surface area contributed by atoms with Crippen molar-refractivity contribution in [3.8, 4) is 11.3 Å². The molecule has 0 bridgehead atoms. The first-order valence-corrected chi connectivity index (χ1v) is 8.73. The molecule has 0 aliphatic rings. The SMILES string of the molecule is c1ccc(Cn2cc(-c3cc4ccccc4c4ccccc34)nn2)cc1. The van der Waals surface area contributed by atoms with E-state index in [1.165, 1.54) is 27.1 Å². The van der Waals surface area contributed by atoms with E-state index in [0.717, 1.165) is 17.8 Å². The predicted molar refractivity (Wildman–Crippen MR) is 106 cm³/mol. The molecule has 5 aromatic rings. The summed E-state index contributed by atoms with van der Waals surface area (Å²) in [6.07, 6.45) is 2.03. The minimum absolute atomic E-state index is 0.722. The second-order valence-electron chi connectivity index (χ2n) is 6.48. The lowest BCUT2D eigenvalue weighted by molar-refractivity contribution is 0.650. The Morgan fingerprint density at radius 1 is 0.692 bits per heavy atom. The predicted octanol–water partition coefficient (Wildman–Crippen LogP) is 5.30. The zero-order chi connectivity index (χ0) is 17.3. The highest BCUT2D eigenvalue weighted by molar-refractivity contribution is 6.13. The minimum atomic E-state index is 0.722. The molecule has 5 rings (SSSR count). The van der Waals surface area contributed by atoms with Gasteiger partial charge in [0.2, 0.25) is 0 Å². The van der Waals surface area contributed by atoms with E-state index in [9.17, 15) is 0 Å². The molecule has 3 nitrogen and oxygen atoms in total. The Morgan fingerprint density at radius 2 is 1.38 bits per heavy atom. The molecule has 0 unspecified atom stereocenters. The first-order chi connectivity index (χ1) is 12.9. The van der Waals surface area contributed by atoms with Crippen LogP contribution in [-0.2, 0) is 6.54 Å². The third kappa shape index (κ3) is 2.54. The number of fused-ring (bicyclic) bond motifs is 3. The number of benzene rings is 4. The summed E-state index contributed by atoms with van der Waals surface area (Å²) in [5.41, 5.74) is 3.24. The fraction of sp³-hybridized carbons (Fsp3) is 0.0435. The van der Waals surface area contributed by atoms with E-state index < -0.39 is 0 Å². The molecule has 0 aliphatic heterocycles. The van der Waals surface area contributed by atoms with Gasteiger partial charge in [0.05, 0.1) is 12.7 Å². The van der Waals surface area contributed by atoms with Crippen LogP contribution in [0.3, 0.4) is 0 Å². The molecule has 1 aromatic heterocycles. The molecule has 0 saturated heterocycles. The van der Waals surface area contributed by atoms with Gasteiger partial charge in [0.25, 0.3) is 0 Å². The Kier molecular flexibility index (Phi) is 3.49. The van der Waals surface area contributed by atoms with Crippen molar-refractivity contribution in [2.75, 3.05) is 0 Å². The van der Waals surface area contributed by atoms with E-state index >= 15 is 0 Å². The van der Waals surface area contributed by atoms with E-state index in [1.54, 1.807) is 0 Å². The fourth-order valence-electron chi connectivity index (χ4n) is 3.54. The Morgan fingerprint density at radius 3 is 2.23 bits per heavy atom. The third-order valence-electron chi connectivity index (χ3n) is 4.77. The molecule has 0 radical (unpaired) electrons. The topological polar surface area (TPSA) is 30.7 Å². The molecule has 0 fully saturated rings. The summed E-state index contributed by atoms with van der Waals surface area (Å²) in [6.45, 7) is 0.722. The lowest BCUT2D eigenvalue weighted by Crippen LogP contribution is -1.99. The van der Waals surface area contributed by atoms with Crippen molar-refractivity contribution < 1.29 is 0 Å². The lowest BCUT2D eigenvalue weighted by atomic mass is 9.96. The number of hydrogen-bond donors (Lipinski definition) is 0. The number of nitrogens with zero attached hydrogens (tertiary/aromatic N) is 3. The van der Waals surface area contributed by atoms with Gasteiger partial charge in [-0.05, 0) is 33.2 Å². The standard InChI is InChI=1S/C23H17N3/c1-2-8-17(9-3-1)15-26-16-23(24-25-26)22-14-18-10-4-5-11-19(18)20-12-6-7-13-21(20)22/h1-14,16H,15H2. The highest BCUT2D eigenvalue weighted by Crippen LogP contribution is 2.33. The molecule has 0 amide bonds. The average Bonchev–Trinajstić information content (AvgIpc) is 3.16. The van der Waals surface area contributed by atoms with Crippen molar-refractivity contribution in [1.29, 1.82) is 0 Å². The maximum absolute atomic E-state index is 4.45. The van der Waals surface area contributed by atoms with Gasteiger partial charge in [-0.25, -0.2) is 4.68 Å². The maximum atomic E-state index is 4.45. The molecule has 4 aromatic carbocycles. The van der Waals surface area contributed by atoms with Crippen molar-refractivity contribution in [2.24, 2.45) is 0 Å². The highest BCUT2D eigenvalue weighted by atomic mass is 15.4. The van der Waals surface area contributed by atoms with Gasteiger partial charge >= 0.3 is 0 Å². The number of aromatic nitrogens is 3. The second-order valence-corrected chi connectivity index (χ2v) is 6.48. The van der Waals surface area contributed by atoms with Gasteiger partial charge in [0.15, 0.2) is 0 Å². The largest absolute Gasteiger partial charge is 0.247 e. The maximum Gasteiger partial charge on any atom is 0.113 e. The van der Waals surface area contributed by atoms with E-state index in [0.29, 0.717) is 0 Å². The summed E-state index contributed by atoms with van der Waals surface area (Å²) in [5, 5.41) is 13.7. The molecule has 3 heteroatoms. The summed E-state index contributed by atoms with van der Waals surface area (Å²) in [4.78, 5) is 0. The van der Waals surface area contributed by atoms with Gasteiger partial charge in [-0.1, -0.05) is 84.1 Å². The highest BCUT2D eigenvalue weighted by Gasteiger charge is 2.11. The van der Waals surface area contributed by atoms with Gasteiger partial charge in [0.1, 0.15) is 5.69 Å². The zero-order valence-electron chi connectivity index (χ0n) is 14.2. The van der Waals surface area contributed by atoms with Gasteiger partial charge in [-0.15, -0.1) is 5.10 Å². The van der Waals surface area contributed by atoms with Crippen molar-refractivity contribution in [3.63, 3.8) is 0 Å². The molecule has 124 valence electrons. The Balaban J connectivity index is 1.65. The van der Waals surface area contributed by atoms with Gasteiger partial charge in [-0.3, -0.25) is 0 Å². The molecular weight excluding hydrogens is 318 g/mol. The van der Waals surface area contributed by atoms with E-state index in [4.69, 9.17) is 0 Å². The summed E-state index contributed by atoms with van der Waals surface area (Å²) in [6, 6.07) is 29.5. The Hall–Kier alpha value is -3.46. The smallest absolute Gasteiger partial charge is 0.113 e. The molecule has 0 atom stereocenters. The quantitative estimate of drug-likeness (QED) is 0.419. The first kappa shape index (κ1) is 14.8. The summed E-state index contributed by atoms with van der Waals surface area (Å²) in [5.74, 6) is 0. The summed E-state index contributed by atoms with van der Waals surface area (Å²) >= 11 is 0. The minimum Gasteiger partial charge on any atom is -0.247 e. The first-order valence-electron chi connectivity index (χ1n) is 8.73. The van der Waals surface area contributed by atoms with Gasteiger partial charge in [-0.2, -0.15) is 0 Å². The van der Waals surface area contributed by atoms with Crippen molar-refractivity contribution >= 4 is 21.5 Å². The van der Waals surface area contributed by atoms with Crippen LogP contribution < -0.4 is 0 Å². The zero-order valence-corrected chi connectivity index (χ0v) is 14.2. The Labute approximate surface area is 151 Å². The number of rotatable bonds is 3. The average molecular weight is 335 g/mol. The molecule has 0 spiro atoms. The van der Waals surface area contributed by atoms with Crippen LogP contribution in [0.4, 0.5) is 0 Å². The van der Waals surface area contributed by atoms with E-state index in [2.05, 4.69) is 77.0 Å². The fourth-order valence-corrected chi connectivity index (χ4v) is 3.54. The Bertz CT molecular complexity index is 1210. The number of hydrogen-bond acceptors (Lipinski definition) is 2. The van der Waals surface area contributed by atoms with Crippen LogP contribution in [0.15, 0.2) is 91.1 Å². The van der Waals surface area contributed by atoms with Crippen molar-refractivity contribution in [2.45, 2.75) is 6.54 Å². The molecular formula is C23H17N3. The normalized spacial score (nSPS) is 11.2. The van der Waals surface area contributed by atoms with E-state index in [-0.39, 0.29) is 0 Å². The van der Waals surface area contributed by atoms with Crippen molar-refractivity contribution in [1.82, 2.24) is 15.0 Å². The third-order valence-corrected chi connectivity index (χ3v) is 4.77.